The molecule has 268 valence electrons. The first-order valence-electron chi connectivity index (χ1n) is 15.8. The summed E-state index contributed by atoms with van der Waals surface area (Å²) in [5, 5.41) is 14.3. The second-order valence-corrected chi connectivity index (χ2v) is 16.5. The van der Waals surface area contributed by atoms with Gasteiger partial charge in [0.05, 0.1) is 23.3 Å². The fourth-order valence-electron chi connectivity index (χ4n) is 5.06. The molecule has 1 saturated heterocycles. The normalized spacial score (nSPS) is 20.6. The maximum absolute atomic E-state index is 13.6. The van der Waals surface area contributed by atoms with Crippen molar-refractivity contribution in [3.8, 4) is 0 Å². The zero-order valence-corrected chi connectivity index (χ0v) is 30.1. The Hall–Kier alpha value is -2.88. The molecule has 2 aliphatic rings. The Morgan fingerprint density at radius 2 is 1.65 bits per heavy atom. The Balaban J connectivity index is 1.40. The molecule has 0 radical (unpaired) electrons. The molecule has 0 spiro atoms. The maximum Gasteiger partial charge on any atom is 0.345 e. The molecule has 0 bridgehead atoms. The van der Waals surface area contributed by atoms with Crippen LogP contribution >= 0.6 is 19.2 Å². The Morgan fingerprint density at radius 3 is 2.21 bits per heavy atom. The number of carbonyl (C=O) groups is 3. The number of rotatable bonds is 13. The summed E-state index contributed by atoms with van der Waals surface area (Å²) in [7, 11) is -2.86. The van der Waals surface area contributed by atoms with Gasteiger partial charge in [-0.3, -0.25) is 32.6 Å². The number of carbonyl (C=O) groups excluding carboxylic acids is 3. The van der Waals surface area contributed by atoms with Gasteiger partial charge in [-0.15, -0.1) is 0 Å². The van der Waals surface area contributed by atoms with E-state index in [2.05, 4.69) is 20.3 Å². The maximum atomic E-state index is 13.6. The van der Waals surface area contributed by atoms with Crippen LogP contribution in [-0.2, 0) is 42.2 Å². The van der Waals surface area contributed by atoms with Crippen molar-refractivity contribution in [1.29, 1.82) is 0 Å². The third kappa shape index (κ3) is 9.85. The molecule has 1 saturated carbocycles. The molecule has 4 rings (SSSR count). The highest BCUT2D eigenvalue weighted by Crippen LogP contribution is 2.48. The quantitative estimate of drug-likeness (QED) is 0.129. The number of nitrogens with zero attached hydrogens (tertiary/aromatic N) is 5. The van der Waals surface area contributed by atoms with Crippen molar-refractivity contribution in [2.75, 3.05) is 38.7 Å². The van der Waals surface area contributed by atoms with Gasteiger partial charge in [-0.05, 0) is 66.0 Å². The van der Waals surface area contributed by atoms with Gasteiger partial charge in [0.25, 0.3) is 0 Å². The molecule has 1 aliphatic heterocycles. The Bertz CT molecular complexity index is 1480. The second kappa shape index (κ2) is 15.3. The minimum absolute atomic E-state index is 0.0420. The summed E-state index contributed by atoms with van der Waals surface area (Å²) in [6.45, 7) is 8.18. The van der Waals surface area contributed by atoms with Crippen molar-refractivity contribution >= 4 is 54.0 Å². The summed E-state index contributed by atoms with van der Waals surface area (Å²) in [6, 6.07) is 0.273. The fraction of sp³-hybridized carbons (Fsp3) is 0.733. The number of fused-ring (bicyclic) bond motifs is 1. The Labute approximate surface area is 284 Å². The van der Waals surface area contributed by atoms with Crippen LogP contribution in [0.1, 0.15) is 79.9 Å². The first kappa shape index (κ1) is 37.9. The lowest BCUT2D eigenvalue weighted by atomic mass is 9.98. The Kier molecular flexibility index (Phi) is 12.1. The lowest BCUT2D eigenvalue weighted by Crippen LogP contribution is -2.40. The molecule has 1 amide bonds. The number of amides is 1. The van der Waals surface area contributed by atoms with Gasteiger partial charge in [0.1, 0.15) is 18.5 Å². The van der Waals surface area contributed by atoms with E-state index in [0.717, 1.165) is 25.7 Å². The number of hydrogen-bond donors (Lipinski definition) is 2. The molecule has 2 N–H and O–H groups in total. The summed E-state index contributed by atoms with van der Waals surface area (Å²) in [5.74, 6) is -1.40. The molecule has 48 heavy (non-hydrogen) atoms. The van der Waals surface area contributed by atoms with Gasteiger partial charge >= 0.3 is 19.5 Å². The van der Waals surface area contributed by atoms with Crippen molar-refractivity contribution in [3.05, 3.63) is 11.6 Å². The SMILES string of the molecule is CN(C[C@H]1O[C@@H](n2cnc3c(NC4CCCC4)nc(Cl)nc32)C[C@@H]1O)C(=O)CP(=O)(OCOC(=O)C(C)(C)C)OCOC(=O)C(C)(C)C. The molecule has 16 nitrogen and oxygen atoms in total. The molecule has 2 fully saturated rings. The van der Waals surface area contributed by atoms with E-state index < -0.39 is 74.5 Å². The number of aromatic nitrogens is 4. The van der Waals surface area contributed by atoms with Crippen molar-refractivity contribution in [2.45, 2.75) is 98.1 Å². The van der Waals surface area contributed by atoms with Crippen molar-refractivity contribution in [3.63, 3.8) is 0 Å². The van der Waals surface area contributed by atoms with Gasteiger partial charge in [0.15, 0.2) is 17.0 Å². The van der Waals surface area contributed by atoms with Crippen LogP contribution in [0.2, 0.25) is 5.28 Å². The molecular formula is C30H46ClN6O10P. The Morgan fingerprint density at radius 1 is 1.06 bits per heavy atom. The van der Waals surface area contributed by atoms with Gasteiger partial charge in [0.2, 0.25) is 24.8 Å². The van der Waals surface area contributed by atoms with Crippen LogP contribution < -0.4 is 5.32 Å². The van der Waals surface area contributed by atoms with Crippen LogP contribution in [0.15, 0.2) is 6.33 Å². The zero-order valence-electron chi connectivity index (χ0n) is 28.4. The van der Waals surface area contributed by atoms with Crippen LogP contribution in [0.3, 0.4) is 0 Å². The predicted octanol–water partition coefficient (Wildman–Crippen LogP) is 4.26. The zero-order chi connectivity index (χ0) is 35.4. The fourth-order valence-corrected chi connectivity index (χ4v) is 6.48. The van der Waals surface area contributed by atoms with E-state index in [9.17, 15) is 24.1 Å². The highest BCUT2D eigenvalue weighted by Gasteiger charge is 2.39. The van der Waals surface area contributed by atoms with Gasteiger partial charge < -0.3 is 29.5 Å². The molecule has 3 atom stereocenters. The lowest BCUT2D eigenvalue weighted by Gasteiger charge is -2.26. The number of aliphatic hydroxyl groups is 1. The van der Waals surface area contributed by atoms with Gasteiger partial charge in [-0.1, -0.05) is 12.8 Å². The number of halogens is 1. The van der Waals surface area contributed by atoms with Gasteiger partial charge in [0, 0.05) is 26.1 Å². The van der Waals surface area contributed by atoms with Crippen molar-refractivity contribution in [2.24, 2.45) is 10.8 Å². The standard InChI is InChI=1S/C30H46ClN6O10P/c1-29(2,3)26(40)43-16-45-48(42,46-17-44-27(41)30(4,5)6)14-21(39)36(7)13-20-19(38)12-22(47-20)37-15-32-23-24(33-18-10-8-9-11-18)34-28(31)35-25(23)37/h15,18-20,22,38H,8-14,16-17H2,1-7H3,(H,33,34,35)/t19-,20+,22+/m0/s1. The van der Waals surface area contributed by atoms with Gasteiger partial charge in [-0.25, -0.2) is 4.98 Å². The highest BCUT2D eigenvalue weighted by atomic mass is 35.5. The number of nitrogens with one attached hydrogen (secondary N) is 1. The van der Waals surface area contributed by atoms with E-state index in [1.165, 1.54) is 11.9 Å². The van der Waals surface area contributed by atoms with Crippen LogP contribution in [0.5, 0.6) is 0 Å². The van der Waals surface area contributed by atoms with Crippen LogP contribution in [-0.4, -0.2) is 99.0 Å². The summed E-state index contributed by atoms with van der Waals surface area (Å²) >= 11 is 6.26. The summed E-state index contributed by atoms with van der Waals surface area (Å²) in [6.07, 6.45) is 2.82. The van der Waals surface area contributed by atoms with Crippen molar-refractivity contribution < 1.29 is 47.3 Å². The molecule has 2 aromatic rings. The van der Waals surface area contributed by atoms with E-state index in [4.69, 9.17) is 34.9 Å². The average Bonchev–Trinajstić information content (AvgIpc) is 3.72. The topological polar surface area (TPSA) is 194 Å². The summed E-state index contributed by atoms with van der Waals surface area (Å²) in [5.41, 5.74) is -0.753. The minimum atomic E-state index is -4.30. The van der Waals surface area contributed by atoms with E-state index in [-0.39, 0.29) is 24.3 Å². The van der Waals surface area contributed by atoms with Gasteiger partial charge in [-0.2, -0.15) is 9.97 Å². The highest BCUT2D eigenvalue weighted by molar-refractivity contribution is 7.54. The van der Waals surface area contributed by atoms with Crippen molar-refractivity contribution in [1.82, 2.24) is 24.4 Å². The van der Waals surface area contributed by atoms with E-state index >= 15 is 0 Å². The number of aliphatic hydroxyl groups excluding tert-OH is 1. The summed E-state index contributed by atoms with van der Waals surface area (Å²) < 4.78 is 42.0. The molecular weight excluding hydrogens is 671 g/mol. The van der Waals surface area contributed by atoms with Crippen LogP contribution in [0.25, 0.3) is 11.2 Å². The number of likely N-dealkylation sites (N-methyl/N-ethyl adjacent to an activating group) is 1. The smallest absolute Gasteiger partial charge is 0.345 e. The first-order chi connectivity index (χ1) is 22.4. The molecule has 1 aliphatic carbocycles. The first-order valence-corrected chi connectivity index (χ1v) is 17.9. The molecule has 18 heteroatoms. The minimum Gasteiger partial charge on any atom is -0.438 e. The monoisotopic (exact) mass is 716 g/mol. The molecule has 3 heterocycles. The van der Waals surface area contributed by atoms with E-state index in [1.807, 2.05) is 0 Å². The molecule has 0 aromatic carbocycles. The van der Waals surface area contributed by atoms with Crippen LogP contribution in [0, 0.1) is 10.8 Å². The third-order valence-corrected chi connectivity index (χ3v) is 9.74. The van der Waals surface area contributed by atoms with Crippen LogP contribution in [0.4, 0.5) is 5.82 Å². The number of ether oxygens (including phenoxy) is 3. The molecule has 0 unspecified atom stereocenters. The van der Waals surface area contributed by atoms with E-state index in [1.54, 1.807) is 52.4 Å². The summed E-state index contributed by atoms with van der Waals surface area (Å²) in [4.78, 5) is 52.0. The average molecular weight is 717 g/mol. The largest absolute Gasteiger partial charge is 0.438 e. The molecule has 2 aromatic heterocycles. The number of esters is 2. The third-order valence-electron chi connectivity index (χ3n) is 7.92. The number of imidazole rings is 1. The number of hydrogen-bond acceptors (Lipinski definition) is 14. The van der Waals surface area contributed by atoms with E-state index in [0.29, 0.717) is 17.0 Å². The lowest BCUT2D eigenvalue weighted by molar-refractivity contribution is -0.162. The number of anilines is 1. The predicted molar refractivity (Wildman–Crippen MR) is 174 cm³/mol. The second-order valence-electron chi connectivity index (χ2n) is 14.1.